The molecule has 0 radical (unpaired) electrons. The van der Waals surface area contributed by atoms with E-state index in [0.717, 1.165) is 43.6 Å². The fraction of sp³-hybridized carbons (Fsp3) is 0.478. The highest BCUT2D eigenvalue weighted by atomic mass is 32.1. The van der Waals surface area contributed by atoms with Crippen molar-refractivity contribution >= 4 is 45.3 Å². The lowest BCUT2D eigenvalue weighted by Crippen LogP contribution is -2.38. The van der Waals surface area contributed by atoms with Crippen molar-refractivity contribution in [1.29, 1.82) is 0 Å². The molecule has 154 valence electrons. The number of aryl methyl sites for hydroxylation is 2. The van der Waals surface area contributed by atoms with E-state index in [9.17, 15) is 4.79 Å². The van der Waals surface area contributed by atoms with E-state index < -0.39 is 0 Å². The number of para-hydroxylation sites is 1. The average Bonchev–Trinajstić information content (AvgIpc) is 3.03. The minimum Gasteiger partial charge on any atom is -0.462 e. The first-order valence-electron chi connectivity index (χ1n) is 10.7. The van der Waals surface area contributed by atoms with Gasteiger partial charge >= 0.3 is 5.97 Å². The molecule has 2 heterocycles. The topological polar surface area (TPSA) is 41.6 Å². The predicted molar refractivity (Wildman–Crippen MR) is 124 cm³/mol. The van der Waals surface area contributed by atoms with Crippen LogP contribution >= 0.6 is 23.6 Å². The third-order valence-corrected chi connectivity index (χ3v) is 7.26. The SMILES string of the molecule is CCOC(=O)c1c(NC(=S)N2CCCc3ccccc32)sc2c1CCCCCC2. The van der Waals surface area contributed by atoms with Crippen LogP contribution in [0.5, 0.6) is 0 Å². The molecule has 4 rings (SSSR count). The molecule has 2 aliphatic rings. The van der Waals surface area contributed by atoms with Crippen molar-refractivity contribution in [2.75, 3.05) is 23.4 Å². The summed E-state index contributed by atoms with van der Waals surface area (Å²) in [7, 11) is 0. The summed E-state index contributed by atoms with van der Waals surface area (Å²) < 4.78 is 5.42. The van der Waals surface area contributed by atoms with Crippen LogP contribution in [0.15, 0.2) is 24.3 Å². The number of hydrogen-bond donors (Lipinski definition) is 1. The number of thiophene rings is 1. The van der Waals surface area contributed by atoms with Gasteiger partial charge in [-0.2, -0.15) is 0 Å². The maximum Gasteiger partial charge on any atom is 0.341 e. The average molecular weight is 429 g/mol. The van der Waals surface area contributed by atoms with Gasteiger partial charge in [0.15, 0.2) is 5.11 Å². The number of benzene rings is 1. The van der Waals surface area contributed by atoms with Crippen LogP contribution in [0.1, 0.15) is 65.4 Å². The molecule has 0 atom stereocenters. The Labute approximate surface area is 182 Å². The van der Waals surface area contributed by atoms with Crippen LogP contribution in [0.25, 0.3) is 0 Å². The van der Waals surface area contributed by atoms with Crippen LogP contribution in [0, 0.1) is 0 Å². The number of ether oxygens (including phenoxy) is 1. The zero-order chi connectivity index (χ0) is 20.2. The highest BCUT2D eigenvalue weighted by molar-refractivity contribution is 7.80. The highest BCUT2D eigenvalue weighted by Crippen LogP contribution is 2.38. The number of rotatable bonds is 3. The lowest BCUT2D eigenvalue weighted by Gasteiger charge is -2.31. The summed E-state index contributed by atoms with van der Waals surface area (Å²) in [6.07, 6.45) is 8.93. The predicted octanol–water partition coefficient (Wildman–Crippen LogP) is 5.73. The molecule has 0 saturated heterocycles. The summed E-state index contributed by atoms with van der Waals surface area (Å²) >= 11 is 7.49. The Kier molecular flexibility index (Phi) is 6.50. The van der Waals surface area contributed by atoms with Crippen LogP contribution in [-0.2, 0) is 24.0 Å². The third kappa shape index (κ3) is 4.33. The largest absolute Gasteiger partial charge is 0.462 e. The molecular formula is C23H28N2O2S2. The fourth-order valence-electron chi connectivity index (χ4n) is 4.34. The van der Waals surface area contributed by atoms with E-state index >= 15 is 0 Å². The summed E-state index contributed by atoms with van der Waals surface area (Å²) in [5, 5.41) is 4.95. The van der Waals surface area contributed by atoms with Crippen LogP contribution in [0.3, 0.4) is 0 Å². The molecule has 2 aromatic rings. The molecular weight excluding hydrogens is 400 g/mol. The third-order valence-electron chi connectivity index (χ3n) is 5.73. The number of anilines is 2. The van der Waals surface area contributed by atoms with Crippen molar-refractivity contribution in [3.05, 3.63) is 45.8 Å². The number of nitrogens with one attached hydrogen (secondary N) is 1. The van der Waals surface area contributed by atoms with Crippen LogP contribution in [-0.4, -0.2) is 24.2 Å². The van der Waals surface area contributed by atoms with Crippen molar-refractivity contribution in [3.8, 4) is 0 Å². The zero-order valence-electron chi connectivity index (χ0n) is 17.0. The molecule has 1 aliphatic heterocycles. The van der Waals surface area contributed by atoms with Crippen LogP contribution in [0.4, 0.5) is 10.7 Å². The minimum atomic E-state index is -0.227. The lowest BCUT2D eigenvalue weighted by molar-refractivity contribution is 0.0526. The van der Waals surface area contributed by atoms with Gasteiger partial charge in [-0.05, 0) is 74.9 Å². The molecule has 0 saturated carbocycles. The van der Waals surface area contributed by atoms with Gasteiger partial charge in [0.2, 0.25) is 0 Å². The van der Waals surface area contributed by atoms with Gasteiger partial charge in [-0.25, -0.2) is 4.79 Å². The maximum absolute atomic E-state index is 12.8. The smallest absolute Gasteiger partial charge is 0.341 e. The first kappa shape index (κ1) is 20.4. The van der Waals surface area contributed by atoms with E-state index in [1.165, 1.54) is 41.0 Å². The number of thiocarbonyl (C=S) groups is 1. The summed E-state index contributed by atoms with van der Waals surface area (Å²) in [5.74, 6) is -0.227. The summed E-state index contributed by atoms with van der Waals surface area (Å²) in [4.78, 5) is 16.3. The van der Waals surface area contributed by atoms with Crippen molar-refractivity contribution in [1.82, 2.24) is 0 Å². The van der Waals surface area contributed by atoms with Gasteiger partial charge in [0.25, 0.3) is 0 Å². The quantitative estimate of drug-likeness (QED) is 0.499. The number of esters is 1. The highest BCUT2D eigenvalue weighted by Gasteiger charge is 2.27. The first-order chi connectivity index (χ1) is 14.2. The van der Waals surface area contributed by atoms with Crippen LogP contribution in [0.2, 0.25) is 0 Å². The molecule has 1 aromatic carbocycles. The van der Waals surface area contributed by atoms with Crippen LogP contribution < -0.4 is 10.2 Å². The lowest BCUT2D eigenvalue weighted by atomic mass is 9.96. The van der Waals surface area contributed by atoms with Crippen molar-refractivity contribution in [2.24, 2.45) is 0 Å². The standard InChI is InChI=1S/C23H28N2O2S2/c1-2-27-22(26)20-17-12-5-3-4-6-14-19(17)29-21(20)24-23(28)25-15-9-11-16-10-7-8-13-18(16)25/h7-8,10,13H,2-6,9,11-12,14-15H2,1H3,(H,24,28). The Balaban J connectivity index is 1.65. The van der Waals surface area contributed by atoms with E-state index in [1.54, 1.807) is 11.3 Å². The summed E-state index contributed by atoms with van der Waals surface area (Å²) in [5.41, 5.74) is 4.38. The number of fused-ring (bicyclic) bond motifs is 2. The molecule has 6 heteroatoms. The van der Waals surface area contributed by atoms with E-state index in [1.807, 2.05) is 6.92 Å². The molecule has 0 unspecified atom stereocenters. The number of nitrogens with zero attached hydrogens (tertiary/aromatic N) is 1. The summed E-state index contributed by atoms with van der Waals surface area (Å²) in [6.45, 7) is 3.13. The Bertz CT molecular complexity index is 906. The second-order valence-corrected chi connectivity index (χ2v) is 9.15. The van der Waals surface area contributed by atoms with E-state index in [4.69, 9.17) is 17.0 Å². The Morgan fingerprint density at radius 2 is 1.93 bits per heavy atom. The van der Waals surface area contributed by atoms with Gasteiger partial charge in [0.05, 0.1) is 12.2 Å². The Morgan fingerprint density at radius 3 is 2.76 bits per heavy atom. The van der Waals surface area contributed by atoms with Gasteiger partial charge in [0.1, 0.15) is 5.00 Å². The van der Waals surface area contributed by atoms with Gasteiger partial charge in [-0.3, -0.25) is 0 Å². The molecule has 29 heavy (non-hydrogen) atoms. The maximum atomic E-state index is 12.8. The molecule has 1 N–H and O–H groups in total. The Morgan fingerprint density at radius 1 is 1.14 bits per heavy atom. The van der Waals surface area contributed by atoms with E-state index in [0.29, 0.717) is 17.3 Å². The molecule has 0 amide bonds. The van der Waals surface area contributed by atoms with E-state index in [-0.39, 0.29) is 5.97 Å². The summed E-state index contributed by atoms with van der Waals surface area (Å²) in [6, 6.07) is 8.44. The fourth-order valence-corrected chi connectivity index (χ4v) is 5.97. The molecule has 0 bridgehead atoms. The minimum absolute atomic E-state index is 0.227. The normalized spacial score (nSPS) is 16.2. The van der Waals surface area contributed by atoms with Crippen molar-refractivity contribution in [3.63, 3.8) is 0 Å². The first-order valence-corrected chi connectivity index (χ1v) is 11.9. The van der Waals surface area contributed by atoms with E-state index in [2.05, 4.69) is 34.5 Å². The van der Waals surface area contributed by atoms with Gasteiger partial charge in [0, 0.05) is 17.1 Å². The number of carbonyl (C=O) groups is 1. The monoisotopic (exact) mass is 428 g/mol. The molecule has 4 nitrogen and oxygen atoms in total. The number of hydrogen-bond acceptors (Lipinski definition) is 4. The van der Waals surface area contributed by atoms with Gasteiger partial charge in [-0.1, -0.05) is 31.0 Å². The van der Waals surface area contributed by atoms with Crippen molar-refractivity contribution < 1.29 is 9.53 Å². The Hall–Kier alpha value is -1.92. The van der Waals surface area contributed by atoms with Gasteiger partial charge in [-0.15, -0.1) is 11.3 Å². The molecule has 0 spiro atoms. The zero-order valence-corrected chi connectivity index (χ0v) is 18.6. The van der Waals surface area contributed by atoms with Gasteiger partial charge < -0.3 is 15.0 Å². The van der Waals surface area contributed by atoms with Crippen molar-refractivity contribution in [2.45, 2.75) is 58.3 Å². The second-order valence-electron chi connectivity index (χ2n) is 7.66. The molecule has 1 aliphatic carbocycles. The molecule has 0 fully saturated rings. The second kappa shape index (κ2) is 9.26. The molecule has 1 aromatic heterocycles. The number of carbonyl (C=O) groups excluding carboxylic acids is 1.